The second-order valence-corrected chi connectivity index (χ2v) is 32.3. The Bertz CT molecular complexity index is 2150. The third kappa shape index (κ3) is 74.0. The summed E-state index contributed by atoms with van der Waals surface area (Å²) in [5.74, 6) is -0.684. The molecule has 0 aromatic rings. The Balaban J connectivity index is 5.59. The molecular weight excluding hydrogens is 1390 g/mol. The van der Waals surface area contributed by atoms with Crippen LogP contribution in [0.3, 0.4) is 0 Å². The molecule has 0 heterocycles. The first-order chi connectivity index (χ1) is 51.5. The van der Waals surface area contributed by atoms with Gasteiger partial charge in [-0.3, -0.25) is 32.5 Å². The number of phosphoric acid groups is 2. The first-order valence-electron chi connectivity index (χ1n) is 43.4. The predicted octanol–water partition coefficient (Wildman–Crippen LogP) is 21.5. The number of aliphatic hydroxyl groups excluding tert-OH is 1. The molecule has 0 aromatic heterocycles. The number of allylic oxidation sites excluding steroid dienone is 4. The Labute approximate surface area is 647 Å². The van der Waals surface area contributed by atoms with Gasteiger partial charge in [-0.25, -0.2) is 13.9 Å². The lowest BCUT2D eigenvalue weighted by Crippen LogP contribution is -2.41. The Kier molecular flexibility index (Phi) is 75.5. The number of urea groups is 1. The number of carbonyl (C=O) groups excluding carboxylic acids is 4. The maximum atomic E-state index is 13.3. The smallest absolute Gasteiger partial charge is 0.462 e. The zero-order chi connectivity index (χ0) is 77.8. The van der Waals surface area contributed by atoms with Crippen LogP contribution in [0.4, 0.5) is 4.79 Å². The summed E-state index contributed by atoms with van der Waals surface area (Å²) in [7, 11) is -9.40. The van der Waals surface area contributed by atoms with Crippen LogP contribution in [0.25, 0.3) is 0 Å². The molecule has 7 N–H and O–H groups in total. The van der Waals surface area contributed by atoms with Crippen molar-refractivity contribution in [2.45, 2.75) is 419 Å². The highest BCUT2D eigenvalue weighted by Gasteiger charge is 2.27. The summed E-state index contributed by atoms with van der Waals surface area (Å²) in [6.45, 7) is 11.6. The molecule has 0 aliphatic rings. The van der Waals surface area contributed by atoms with E-state index >= 15 is 0 Å². The van der Waals surface area contributed by atoms with E-state index in [1.54, 1.807) is 0 Å². The molecule has 0 aliphatic heterocycles. The molecule has 626 valence electrons. The predicted molar refractivity (Wildman–Crippen MR) is 433 cm³/mol. The van der Waals surface area contributed by atoms with Crippen molar-refractivity contribution in [3.8, 4) is 0 Å². The van der Waals surface area contributed by atoms with E-state index in [-0.39, 0.29) is 82.4 Å². The minimum atomic E-state index is -4.71. The monoisotopic (exact) mass is 1550 g/mol. The van der Waals surface area contributed by atoms with Crippen LogP contribution in [0.5, 0.6) is 0 Å². The molecule has 4 amide bonds. The number of carbonyl (C=O) groups is 4. The maximum absolute atomic E-state index is 13.3. The van der Waals surface area contributed by atoms with Crippen molar-refractivity contribution in [1.29, 1.82) is 0 Å². The van der Waals surface area contributed by atoms with Crippen molar-refractivity contribution in [3.05, 3.63) is 24.3 Å². The Morgan fingerprint density at radius 3 is 1.08 bits per heavy atom. The summed E-state index contributed by atoms with van der Waals surface area (Å²) in [5.41, 5.74) is 0. The van der Waals surface area contributed by atoms with Crippen LogP contribution < -0.4 is 21.3 Å². The number of rotatable bonds is 83. The van der Waals surface area contributed by atoms with Gasteiger partial charge in [-0.05, 0) is 96.3 Å². The molecule has 7 unspecified atom stereocenters. The standard InChI is InChI=1S/C83H162N4O17P2/c1-7-13-19-25-29-33-35-39-41-47-53-59-79(88)86-75(71-97-67-63-77(57-51-45-23-17-11-5)103-81(90)61-55-49-43-37-31-27-21-15-9-3)73-101-105(93,94)99-69-65-84-83(92)85-66-70-100-106(95,96)102-74-76(87-80(89)60-54-48-42-40-36-34-30-26-20-14-8-2)72-98-68-64-78(58-52-46-24-18-12-6)104-82(91)62-56-50-44-38-32-28-22-16-10-4/h37-38,43-44,75-78,81,90H,7-36,39-42,45-74H2,1-6H3,(H,86,88)(H,87,89)(H,93,94)(H,95,96)(H2,84,85,92). The number of hydrogen-bond acceptors (Lipinski definition) is 15. The quantitative estimate of drug-likeness (QED) is 0.00979. The molecule has 0 fully saturated rings. The van der Waals surface area contributed by atoms with Gasteiger partial charge in [0.05, 0.1) is 64.4 Å². The third-order valence-electron chi connectivity index (χ3n) is 19.0. The molecule has 0 saturated heterocycles. The molecule has 0 aromatic carbocycles. The fourth-order valence-corrected chi connectivity index (χ4v) is 14.0. The largest absolute Gasteiger partial charge is 0.472 e. The van der Waals surface area contributed by atoms with Crippen molar-refractivity contribution in [2.75, 3.05) is 65.9 Å². The van der Waals surface area contributed by atoms with E-state index in [1.165, 1.54) is 148 Å². The number of ether oxygens (including phenoxy) is 4. The minimum Gasteiger partial charge on any atom is -0.462 e. The second kappa shape index (κ2) is 77.5. The van der Waals surface area contributed by atoms with Crippen LogP contribution in [0.1, 0.15) is 388 Å². The topological polar surface area (TPSA) is 285 Å². The van der Waals surface area contributed by atoms with Crippen molar-refractivity contribution in [2.24, 2.45) is 0 Å². The normalized spacial score (nSPS) is 14.4. The molecule has 7 atom stereocenters. The summed E-state index contributed by atoms with van der Waals surface area (Å²) >= 11 is 0. The summed E-state index contributed by atoms with van der Waals surface area (Å²) < 4.78 is 71.8. The van der Waals surface area contributed by atoms with Gasteiger partial charge in [-0.15, -0.1) is 0 Å². The van der Waals surface area contributed by atoms with E-state index in [9.17, 15) is 43.2 Å². The summed E-state index contributed by atoms with van der Waals surface area (Å²) in [6.07, 6.45) is 62.4. The maximum Gasteiger partial charge on any atom is 0.472 e. The highest BCUT2D eigenvalue weighted by atomic mass is 31.2. The SMILES string of the molecule is CCCCCCC=CCCCC(=O)OC(CCCCCCC)CCOCC(COP(=O)(O)OCCNC(=O)NCCOP(=O)(O)OCC(COCCC(CCCCCCC)OC(O)CCCC=CCCCCCC)NC(=O)CCCCCCCCCCCCC)NC(=O)CCCCCCCCCCCCC. The molecule has 0 aliphatic carbocycles. The molecule has 23 heteroatoms. The Morgan fingerprint density at radius 1 is 0.349 bits per heavy atom. The number of esters is 1. The van der Waals surface area contributed by atoms with Gasteiger partial charge in [-0.1, -0.05) is 291 Å². The molecule has 0 bridgehead atoms. The zero-order valence-corrected chi connectivity index (χ0v) is 70.2. The average molecular weight is 1550 g/mol. The fraction of sp³-hybridized carbons (Fsp3) is 0.904. The number of unbranched alkanes of at least 4 members (excludes halogenated alkanes) is 38. The average Bonchev–Trinajstić information content (AvgIpc) is 0.918. The lowest BCUT2D eigenvalue weighted by atomic mass is 10.1. The van der Waals surface area contributed by atoms with E-state index in [0.717, 1.165) is 141 Å². The van der Waals surface area contributed by atoms with Crippen LogP contribution in [0, 0.1) is 0 Å². The first kappa shape index (κ1) is 103. The van der Waals surface area contributed by atoms with Gasteiger partial charge in [0.1, 0.15) is 6.10 Å². The van der Waals surface area contributed by atoms with Gasteiger partial charge in [0.25, 0.3) is 0 Å². The van der Waals surface area contributed by atoms with Crippen LogP contribution in [-0.2, 0) is 60.6 Å². The number of nitrogens with one attached hydrogen (secondary N) is 4. The second-order valence-electron chi connectivity index (χ2n) is 29.4. The van der Waals surface area contributed by atoms with Crippen molar-refractivity contribution in [1.82, 2.24) is 21.3 Å². The number of aliphatic hydroxyl groups is 1. The molecule has 0 radical (unpaired) electrons. The van der Waals surface area contributed by atoms with Gasteiger partial charge in [0.2, 0.25) is 11.8 Å². The lowest BCUT2D eigenvalue weighted by Gasteiger charge is -2.23. The molecule has 21 nitrogen and oxygen atoms in total. The minimum absolute atomic E-state index is 0.0165. The van der Waals surface area contributed by atoms with Crippen molar-refractivity contribution < 1.29 is 80.2 Å². The van der Waals surface area contributed by atoms with Gasteiger partial charge < -0.3 is 55.1 Å². The fourth-order valence-electron chi connectivity index (χ4n) is 12.5. The third-order valence-corrected chi connectivity index (χ3v) is 20.9. The van der Waals surface area contributed by atoms with Crippen LogP contribution in [-0.4, -0.2) is 135 Å². The molecule has 0 saturated carbocycles. The number of amides is 4. The van der Waals surface area contributed by atoms with Crippen LogP contribution >= 0.6 is 15.6 Å². The van der Waals surface area contributed by atoms with E-state index in [4.69, 9.17) is 37.0 Å². The van der Waals surface area contributed by atoms with Crippen molar-refractivity contribution in [3.63, 3.8) is 0 Å². The molecule has 0 spiro atoms. The summed E-state index contributed by atoms with van der Waals surface area (Å²) in [4.78, 5) is 73.8. The van der Waals surface area contributed by atoms with E-state index in [0.29, 0.717) is 44.9 Å². The van der Waals surface area contributed by atoms with Crippen molar-refractivity contribution >= 4 is 39.5 Å². The Morgan fingerprint density at radius 2 is 0.679 bits per heavy atom. The summed E-state index contributed by atoms with van der Waals surface area (Å²) in [6, 6.07) is -2.32. The number of hydrogen-bond donors (Lipinski definition) is 7. The zero-order valence-electron chi connectivity index (χ0n) is 68.4. The van der Waals surface area contributed by atoms with Gasteiger partial charge >= 0.3 is 27.6 Å². The molecule has 106 heavy (non-hydrogen) atoms. The number of phosphoric ester groups is 2. The van der Waals surface area contributed by atoms with Gasteiger partial charge in [0, 0.05) is 45.4 Å². The highest BCUT2D eigenvalue weighted by molar-refractivity contribution is 7.47. The molecular formula is C83H162N4O17P2. The highest BCUT2D eigenvalue weighted by Crippen LogP contribution is 2.44. The Hall–Kier alpha value is -2.78. The summed E-state index contributed by atoms with van der Waals surface area (Å²) in [5, 5.41) is 21.8. The van der Waals surface area contributed by atoms with Gasteiger partial charge in [-0.2, -0.15) is 0 Å². The van der Waals surface area contributed by atoms with E-state index < -0.39 is 66.5 Å². The van der Waals surface area contributed by atoms with E-state index in [2.05, 4.69) is 87.1 Å². The van der Waals surface area contributed by atoms with Gasteiger partial charge in [0.15, 0.2) is 6.29 Å². The van der Waals surface area contributed by atoms with E-state index in [1.807, 2.05) is 0 Å². The lowest BCUT2D eigenvalue weighted by molar-refractivity contribution is -0.150. The molecule has 0 rings (SSSR count). The van der Waals surface area contributed by atoms with Crippen LogP contribution in [0.2, 0.25) is 0 Å². The van der Waals surface area contributed by atoms with Crippen LogP contribution in [0.15, 0.2) is 24.3 Å². The first-order valence-corrected chi connectivity index (χ1v) is 46.3.